The van der Waals surface area contributed by atoms with E-state index < -0.39 is 0 Å². The molecule has 0 aromatic heterocycles. The third-order valence-corrected chi connectivity index (χ3v) is 4.52. The Morgan fingerprint density at radius 1 is 0.778 bits per heavy atom. The van der Waals surface area contributed by atoms with Gasteiger partial charge in [0.25, 0.3) is 0 Å². The quantitative estimate of drug-likeness (QED) is 0.561. The molecule has 5 rings (SSSR count). The molecule has 3 aromatic rings. The number of para-hydroxylation sites is 1. The zero-order valence-electron chi connectivity index (χ0n) is 14.8. The molecular formula is C22H20O5. The minimum atomic E-state index is 0.140. The Kier molecular flexibility index (Phi) is 4.32. The maximum atomic E-state index is 6.16. The molecule has 0 radical (unpaired) electrons. The molecule has 2 atom stereocenters. The molecule has 0 aliphatic carbocycles. The normalized spacial score (nSPS) is 20.3. The van der Waals surface area contributed by atoms with Crippen molar-refractivity contribution in [1.82, 2.24) is 0 Å². The Labute approximate surface area is 157 Å². The summed E-state index contributed by atoms with van der Waals surface area (Å²) in [6.45, 7) is 2.44. The predicted octanol–water partition coefficient (Wildman–Crippen LogP) is 4.19. The minimum Gasteiger partial charge on any atom is -0.486 e. The largest absolute Gasteiger partial charge is 0.486 e. The molecule has 138 valence electrons. The highest BCUT2D eigenvalue weighted by Gasteiger charge is 2.28. The van der Waals surface area contributed by atoms with Crippen molar-refractivity contribution in [2.75, 3.05) is 26.4 Å². The molecular weight excluding hydrogens is 344 g/mol. The van der Waals surface area contributed by atoms with Crippen LogP contribution in [0.25, 0.3) is 10.8 Å². The Balaban J connectivity index is 1.57. The molecule has 0 amide bonds. The zero-order valence-corrected chi connectivity index (χ0v) is 14.8. The smallest absolute Gasteiger partial charge is 0.205 e. The Morgan fingerprint density at radius 2 is 1.41 bits per heavy atom. The summed E-state index contributed by atoms with van der Waals surface area (Å²) < 4.78 is 29.0. The summed E-state index contributed by atoms with van der Waals surface area (Å²) in [6, 6.07) is 19.7. The van der Waals surface area contributed by atoms with Crippen LogP contribution in [-0.4, -0.2) is 38.6 Å². The van der Waals surface area contributed by atoms with Crippen LogP contribution in [0.15, 0.2) is 60.7 Å². The van der Waals surface area contributed by atoms with Crippen LogP contribution >= 0.6 is 0 Å². The van der Waals surface area contributed by atoms with Gasteiger partial charge in [0.15, 0.2) is 11.5 Å². The van der Waals surface area contributed by atoms with E-state index in [-0.39, 0.29) is 12.2 Å². The van der Waals surface area contributed by atoms with Crippen LogP contribution in [0.2, 0.25) is 0 Å². The fourth-order valence-corrected chi connectivity index (χ4v) is 2.92. The molecule has 3 aromatic carbocycles. The van der Waals surface area contributed by atoms with Crippen LogP contribution < -0.4 is 14.2 Å². The molecule has 0 saturated carbocycles. The first-order chi connectivity index (χ1) is 13.4. The van der Waals surface area contributed by atoms with Crippen molar-refractivity contribution in [3.8, 4) is 23.0 Å². The van der Waals surface area contributed by atoms with E-state index in [1.54, 1.807) is 0 Å². The van der Waals surface area contributed by atoms with Gasteiger partial charge in [-0.25, -0.2) is 0 Å². The molecule has 0 spiro atoms. The van der Waals surface area contributed by atoms with Gasteiger partial charge in [-0.3, -0.25) is 0 Å². The average Bonchev–Trinajstić information content (AvgIpc) is 3.61. The van der Waals surface area contributed by atoms with Gasteiger partial charge in [0.1, 0.15) is 31.2 Å². The number of rotatable bonds is 8. The maximum Gasteiger partial charge on any atom is 0.205 e. The lowest BCUT2D eigenvalue weighted by molar-refractivity contribution is 0.224. The van der Waals surface area contributed by atoms with Gasteiger partial charge < -0.3 is 23.7 Å². The summed E-state index contributed by atoms with van der Waals surface area (Å²) in [5.74, 6) is 2.67. The summed E-state index contributed by atoms with van der Waals surface area (Å²) in [4.78, 5) is 0. The fraction of sp³-hybridized carbons (Fsp3) is 0.273. The van der Waals surface area contributed by atoms with Gasteiger partial charge in [-0.2, -0.15) is 0 Å². The number of fused-ring (bicyclic) bond motifs is 1. The van der Waals surface area contributed by atoms with Crippen molar-refractivity contribution in [3.05, 3.63) is 60.7 Å². The van der Waals surface area contributed by atoms with Gasteiger partial charge in [-0.15, -0.1) is 0 Å². The lowest BCUT2D eigenvalue weighted by atomic mass is 10.1. The highest BCUT2D eigenvalue weighted by Crippen LogP contribution is 2.46. The third kappa shape index (κ3) is 3.84. The van der Waals surface area contributed by atoms with E-state index >= 15 is 0 Å². The maximum absolute atomic E-state index is 6.16. The van der Waals surface area contributed by atoms with Crippen molar-refractivity contribution in [1.29, 1.82) is 0 Å². The van der Waals surface area contributed by atoms with Crippen LogP contribution in [0.3, 0.4) is 0 Å². The number of hydrogen-bond acceptors (Lipinski definition) is 5. The Hall–Kier alpha value is -2.76. The number of ether oxygens (including phenoxy) is 5. The Bertz CT molecular complexity index is 932. The highest BCUT2D eigenvalue weighted by atomic mass is 16.6. The summed E-state index contributed by atoms with van der Waals surface area (Å²) >= 11 is 0. The van der Waals surface area contributed by atoms with Crippen molar-refractivity contribution in [2.45, 2.75) is 12.2 Å². The van der Waals surface area contributed by atoms with E-state index in [1.807, 2.05) is 60.7 Å². The van der Waals surface area contributed by atoms with Gasteiger partial charge in [-0.1, -0.05) is 42.5 Å². The predicted molar refractivity (Wildman–Crippen MR) is 101 cm³/mol. The molecule has 5 heteroatoms. The Morgan fingerprint density at radius 3 is 2.11 bits per heavy atom. The second-order valence-electron chi connectivity index (χ2n) is 6.70. The lowest BCUT2D eigenvalue weighted by Gasteiger charge is -2.18. The average molecular weight is 364 g/mol. The van der Waals surface area contributed by atoms with Gasteiger partial charge in [0.05, 0.1) is 13.2 Å². The number of hydrogen-bond donors (Lipinski definition) is 0. The number of epoxide rings is 2. The first-order valence-corrected chi connectivity index (χ1v) is 9.14. The molecule has 0 N–H and O–H groups in total. The molecule has 2 aliphatic rings. The zero-order chi connectivity index (χ0) is 18.1. The fourth-order valence-electron chi connectivity index (χ4n) is 2.92. The van der Waals surface area contributed by atoms with Crippen molar-refractivity contribution in [3.63, 3.8) is 0 Å². The van der Waals surface area contributed by atoms with Crippen molar-refractivity contribution < 1.29 is 23.7 Å². The highest BCUT2D eigenvalue weighted by molar-refractivity contribution is 5.93. The van der Waals surface area contributed by atoms with Crippen molar-refractivity contribution >= 4 is 10.8 Å². The van der Waals surface area contributed by atoms with Gasteiger partial charge in [-0.05, 0) is 23.6 Å². The van der Waals surface area contributed by atoms with E-state index in [1.165, 1.54) is 0 Å². The molecule has 2 heterocycles. The van der Waals surface area contributed by atoms with E-state index in [0.717, 1.165) is 29.7 Å². The summed E-state index contributed by atoms with van der Waals surface area (Å²) in [7, 11) is 0. The van der Waals surface area contributed by atoms with Gasteiger partial charge >= 0.3 is 0 Å². The van der Waals surface area contributed by atoms with Gasteiger partial charge in [0, 0.05) is 5.39 Å². The topological polar surface area (TPSA) is 52.8 Å². The van der Waals surface area contributed by atoms with Gasteiger partial charge in [0.2, 0.25) is 5.75 Å². The minimum absolute atomic E-state index is 0.140. The van der Waals surface area contributed by atoms with E-state index in [4.69, 9.17) is 23.7 Å². The van der Waals surface area contributed by atoms with E-state index in [9.17, 15) is 0 Å². The van der Waals surface area contributed by atoms with Crippen LogP contribution in [0, 0.1) is 0 Å². The second-order valence-corrected chi connectivity index (χ2v) is 6.70. The second kappa shape index (κ2) is 7.10. The lowest BCUT2D eigenvalue weighted by Crippen LogP contribution is -2.10. The molecule has 2 unspecified atom stereocenters. The molecule has 2 fully saturated rings. The SMILES string of the molecule is c1ccc(Oc2cc3ccccc3c(OCC3CO3)c2OCC2CO2)cc1. The van der Waals surface area contributed by atoms with Crippen LogP contribution in [0.1, 0.15) is 0 Å². The summed E-state index contributed by atoms with van der Waals surface area (Å²) in [5.41, 5.74) is 0. The standard InChI is InChI=1S/C22H20O5/c1-2-7-16(8-3-1)27-20-10-15-6-4-5-9-19(15)21(25-13-17-11-23-17)22(20)26-14-18-12-24-18/h1-10,17-18H,11-14H2. The first kappa shape index (κ1) is 16.4. The number of benzene rings is 3. The molecule has 5 nitrogen and oxygen atoms in total. The van der Waals surface area contributed by atoms with E-state index in [0.29, 0.717) is 30.5 Å². The summed E-state index contributed by atoms with van der Waals surface area (Å²) in [5, 5.41) is 2.02. The monoisotopic (exact) mass is 364 g/mol. The van der Waals surface area contributed by atoms with Crippen molar-refractivity contribution in [2.24, 2.45) is 0 Å². The molecule has 0 bridgehead atoms. The molecule has 2 saturated heterocycles. The van der Waals surface area contributed by atoms with E-state index in [2.05, 4.69) is 0 Å². The van der Waals surface area contributed by atoms with Crippen LogP contribution in [0.5, 0.6) is 23.0 Å². The van der Waals surface area contributed by atoms with Crippen LogP contribution in [0.4, 0.5) is 0 Å². The third-order valence-electron chi connectivity index (χ3n) is 4.52. The molecule has 27 heavy (non-hydrogen) atoms. The first-order valence-electron chi connectivity index (χ1n) is 9.14. The molecule has 2 aliphatic heterocycles. The summed E-state index contributed by atoms with van der Waals surface area (Å²) in [6.07, 6.45) is 0.294. The van der Waals surface area contributed by atoms with Crippen LogP contribution in [-0.2, 0) is 9.47 Å².